The van der Waals surface area contributed by atoms with Gasteiger partial charge in [0.25, 0.3) is 5.91 Å². The first-order valence-electron chi connectivity index (χ1n) is 9.28. The average molecular weight is 354 g/mol. The highest BCUT2D eigenvalue weighted by Gasteiger charge is 2.31. The second-order valence-electron chi connectivity index (χ2n) is 6.63. The van der Waals surface area contributed by atoms with Crippen LogP contribution < -0.4 is 0 Å². The molecule has 6 heteroatoms. The molecule has 2 heterocycles. The second-order valence-corrected chi connectivity index (χ2v) is 6.63. The molecular formula is C20H26N4O2. The topological polar surface area (TPSA) is 58.4 Å². The summed E-state index contributed by atoms with van der Waals surface area (Å²) in [5.41, 5.74) is 1.56. The van der Waals surface area contributed by atoms with Gasteiger partial charge in [0, 0.05) is 44.8 Å². The summed E-state index contributed by atoms with van der Waals surface area (Å²) in [4.78, 5) is 29.2. The molecular weight excluding hydrogens is 328 g/mol. The summed E-state index contributed by atoms with van der Waals surface area (Å²) in [7, 11) is 0. The Labute approximate surface area is 154 Å². The lowest BCUT2D eigenvalue weighted by atomic mass is 10.1. The van der Waals surface area contributed by atoms with Crippen LogP contribution in [-0.2, 0) is 17.9 Å². The molecule has 1 aromatic carbocycles. The Balaban J connectivity index is 1.76. The van der Waals surface area contributed by atoms with Gasteiger partial charge in [-0.1, -0.05) is 37.3 Å². The molecule has 0 aliphatic carbocycles. The molecule has 1 unspecified atom stereocenters. The van der Waals surface area contributed by atoms with Crippen LogP contribution in [0.25, 0.3) is 0 Å². The van der Waals surface area contributed by atoms with Gasteiger partial charge in [0.1, 0.15) is 5.69 Å². The Morgan fingerprint density at radius 3 is 2.62 bits per heavy atom. The zero-order chi connectivity index (χ0) is 18.5. The Morgan fingerprint density at radius 1 is 1.19 bits per heavy atom. The largest absolute Gasteiger partial charge is 0.335 e. The monoisotopic (exact) mass is 354 g/mol. The maximum atomic E-state index is 12.8. The van der Waals surface area contributed by atoms with E-state index < -0.39 is 0 Å². The number of hydrogen-bond donors (Lipinski definition) is 0. The minimum Gasteiger partial charge on any atom is -0.335 e. The Hall–Kier alpha value is -2.63. The molecule has 3 rings (SSSR count). The summed E-state index contributed by atoms with van der Waals surface area (Å²) in [5, 5.41) is 4.32. The van der Waals surface area contributed by atoms with Crippen molar-refractivity contribution in [1.29, 1.82) is 0 Å². The molecule has 1 atom stereocenters. The first-order valence-corrected chi connectivity index (χ1v) is 9.28. The third kappa shape index (κ3) is 3.95. The normalized spacial score (nSPS) is 18.1. The summed E-state index contributed by atoms with van der Waals surface area (Å²) < 4.78 is 1.75. The van der Waals surface area contributed by atoms with E-state index in [1.54, 1.807) is 15.6 Å². The number of benzene rings is 1. The van der Waals surface area contributed by atoms with Crippen LogP contribution in [-0.4, -0.2) is 50.5 Å². The number of carbonyl (C=O) groups excluding carboxylic acids is 2. The third-order valence-corrected chi connectivity index (χ3v) is 4.93. The lowest BCUT2D eigenvalue weighted by Crippen LogP contribution is -2.43. The van der Waals surface area contributed by atoms with Crippen LogP contribution in [0.4, 0.5) is 0 Å². The summed E-state index contributed by atoms with van der Waals surface area (Å²) in [6, 6.07) is 11.8. The van der Waals surface area contributed by atoms with Gasteiger partial charge < -0.3 is 9.80 Å². The first kappa shape index (κ1) is 18.2. The minimum atomic E-state index is -0.0926. The molecule has 0 saturated carbocycles. The molecule has 2 amide bonds. The fraction of sp³-hybridized carbons (Fsp3) is 0.450. The molecule has 138 valence electrons. The molecule has 1 aliphatic rings. The molecule has 6 nitrogen and oxygen atoms in total. The van der Waals surface area contributed by atoms with Crippen LogP contribution >= 0.6 is 0 Å². The van der Waals surface area contributed by atoms with Crippen LogP contribution in [0.2, 0.25) is 0 Å². The van der Waals surface area contributed by atoms with E-state index in [4.69, 9.17) is 0 Å². The molecule has 1 saturated heterocycles. The zero-order valence-electron chi connectivity index (χ0n) is 15.5. The van der Waals surface area contributed by atoms with E-state index in [0.29, 0.717) is 31.7 Å². The van der Waals surface area contributed by atoms with Crippen LogP contribution in [0.5, 0.6) is 0 Å². The maximum Gasteiger partial charge on any atom is 0.274 e. The standard InChI is InChI=1S/C20H26N4O2/c1-3-17-15-22(20(26)18-10-13-23(4-2)21-18)12-11-19(25)24(17)14-16-8-6-5-7-9-16/h5-10,13,17H,3-4,11-12,14-15H2,1-2H3. The van der Waals surface area contributed by atoms with Crippen LogP contribution in [0.3, 0.4) is 0 Å². The molecule has 0 spiro atoms. The summed E-state index contributed by atoms with van der Waals surface area (Å²) in [6.45, 7) is 6.36. The van der Waals surface area contributed by atoms with Crippen molar-refractivity contribution < 1.29 is 9.59 Å². The zero-order valence-corrected chi connectivity index (χ0v) is 15.5. The molecule has 26 heavy (non-hydrogen) atoms. The van der Waals surface area contributed by atoms with E-state index >= 15 is 0 Å². The number of carbonyl (C=O) groups is 2. The maximum absolute atomic E-state index is 12.8. The van der Waals surface area contributed by atoms with Gasteiger partial charge in [-0.2, -0.15) is 5.10 Å². The Morgan fingerprint density at radius 2 is 1.96 bits per heavy atom. The van der Waals surface area contributed by atoms with E-state index in [0.717, 1.165) is 18.5 Å². The van der Waals surface area contributed by atoms with Crippen molar-refractivity contribution in [2.75, 3.05) is 13.1 Å². The third-order valence-electron chi connectivity index (χ3n) is 4.93. The lowest BCUT2D eigenvalue weighted by Gasteiger charge is -2.31. The van der Waals surface area contributed by atoms with E-state index in [1.807, 2.05) is 48.4 Å². The van der Waals surface area contributed by atoms with Crippen molar-refractivity contribution in [2.45, 2.75) is 45.8 Å². The summed E-state index contributed by atoms with van der Waals surface area (Å²) >= 11 is 0. The smallest absolute Gasteiger partial charge is 0.274 e. The van der Waals surface area contributed by atoms with Crippen LogP contribution in [0.1, 0.15) is 42.7 Å². The van der Waals surface area contributed by atoms with Gasteiger partial charge in [0.15, 0.2) is 0 Å². The van der Waals surface area contributed by atoms with Gasteiger partial charge in [-0.3, -0.25) is 14.3 Å². The SMILES string of the molecule is CCC1CN(C(=O)c2ccn(CC)n2)CCC(=O)N1Cc1ccccc1. The number of rotatable bonds is 5. The van der Waals surface area contributed by atoms with E-state index in [2.05, 4.69) is 12.0 Å². The predicted octanol–water partition coefficient (Wildman–Crippen LogP) is 2.56. The highest BCUT2D eigenvalue weighted by molar-refractivity contribution is 5.92. The van der Waals surface area contributed by atoms with Gasteiger partial charge in [-0.15, -0.1) is 0 Å². The number of amides is 2. The van der Waals surface area contributed by atoms with Crippen LogP contribution in [0.15, 0.2) is 42.6 Å². The molecule has 1 aliphatic heterocycles. The first-order chi connectivity index (χ1) is 12.6. The predicted molar refractivity (Wildman–Crippen MR) is 99.5 cm³/mol. The number of hydrogen-bond acceptors (Lipinski definition) is 3. The average Bonchev–Trinajstić information content (AvgIpc) is 3.10. The van der Waals surface area contributed by atoms with Gasteiger partial charge in [0.2, 0.25) is 5.91 Å². The molecule has 1 fully saturated rings. The highest BCUT2D eigenvalue weighted by atomic mass is 16.2. The molecule has 0 N–H and O–H groups in total. The minimum absolute atomic E-state index is 0.0161. The van der Waals surface area contributed by atoms with Gasteiger partial charge in [-0.05, 0) is 25.0 Å². The van der Waals surface area contributed by atoms with E-state index in [-0.39, 0.29) is 17.9 Å². The van der Waals surface area contributed by atoms with E-state index in [1.165, 1.54) is 0 Å². The van der Waals surface area contributed by atoms with Crippen molar-refractivity contribution in [1.82, 2.24) is 19.6 Å². The van der Waals surface area contributed by atoms with Gasteiger partial charge in [0.05, 0.1) is 0 Å². The van der Waals surface area contributed by atoms with Gasteiger partial charge >= 0.3 is 0 Å². The number of nitrogens with zero attached hydrogens (tertiary/aromatic N) is 4. The number of aryl methyl sites for hydroxylation is 1. The molecule has 0 radical (unpaired) electrons. The quantitative estimate of drug-likeness (QED) is 0.829. The highest BCUT2D eigenvalue weighted by Crippen LogP contribution is 2.19. The van der Waals surface area contributed by atoms with Crippen molar-refractivity contribution in [2.24, 2.45) is 0 Å². The van der Waals surface area contributed by atoms with Crippen molar-refractivity contribution in [3.8, 4) is 0 Å². The molecule has 2 aromatic rings. The van der Waals surface area contributed by atoms with Crippen LogP contribution in [0, 0.1) is 0 Å². The second kappa shape index (κ2) is 8.17. The van der Waals surface area contributed by atoms with Crippen molar-refractivity contribution in [3.63, 3.8) is 0 Å². The number of aromatic nitrogens is 2. The summed E-state index contributed by atoms with van der Waals surface area (Å²) in [6.07, 6.45) is 2.98. The van der Waals surface area contributed by atoms with Crippen molar-refractivity contribution in [3.05, 3.63) is 53.9 Å². The molecule has 0 bridgehead atoms. The Bertz CT molecular complexity index is 756. The van der Waals surface area contributed by atoms with E-state index in [9.17, 15) is 9.59 Å². The Kier molecular flexibility index (Phi) is 5.71. The van der Waals surface area contributed by atoms with Gasteiger partial charge in [-0.25, -0.2) is 0 Å². The summed E-state index contributed by atoms with van der Waals surface area (Å²) in [5.74, 6) is 0.0140. The fourth-order valence-corrected chi connectivity index (χ4v) is 3.37. The lowest BCUT2D eigenvalue weighted by molar-refractivity contribution is -0.133. The fourth-order valence-electron chi connectivity index (χ4n) is 3.37. The van der Waals surface area contributed by atoms with Crippen molar-refractivity contribution >= 4 is 11.8 Å². The molecule has 1 aromatic heterocycles.